The molecule has 1 N–H and O–H groups in total. The number of amides is 1. The normalized spacial score (nSPS) is 35.4. The number of aliphatic hydroxyl groups is 1. The summed E-state index contributed by atoms with van der Waals surface area (Å²) in [6.07, 6.45) is 1.67. The van der Waals surface area contributed by atoms with Gasteiger partial charge in [0.25, 0.3) is 0 Å². The topological polar surface area (TPSA) is 172 Å². The van der Waals surface area contributed by atoms with Crippen molar-refractivity contribution in [2.75, 3.05) is 27.7 Å². The van der Waals surface area contributed by atoms with Crippen molar-refractivity contribution in [3.8, 4) is 11.3 Å². The van der Waals surface area contributed by atoms with Gasteiger partial charge in [0.05, 0.1) is 35.9 Å². The van der Waals surface area contributed by atoms with Crippen LogP contribution in [0.4, 0.5) is 4.79 Å². The minimum Gasteiger partial charge on any atom is -0.458 e. The molecule has 2 aromatic heterocycles. The number of nitrogens with zero attached hydrogens (tertiary/aromatic N) is 5. The van der Waals surface area contributed by atoms with Crippen LogP contribution in [-0.4, -0.2) is 135 Å². The Morgan fingerprint density at radius 2 is 1.71 bits per heavy atom. The van der Waals surface area contributed by atoms with E-state index in [2.05, 4.69) is 9.97 Å². The Bertz CT molecular complexity index is 1740. The average Bonchev–Trinajstić information content (AvgIpc) is 3.80. The molecule has 1 unspecified atom stereocenters. The molecule has 0 aliphatic carbocycles. The number of pyridine rings is 1. The zero-order valence-electron chi connectivity index (χ0n) is 35.5. The number of halogens is 1. The largest absolute Gasteiger partial charge is 0.458 e. The summed E-state index contributed by atoms with van der Waals surface area (Å²) >= 11 is 5.94. The molecule has 15 nitrogen and oxygen atoms in total. The highest BCUT2D eigenvalue weighted by Gasteiger charge is 2.54. The van der Waals surface area contributed by atoms with Gasteiger partial charge in [0.2, 0.25) is 0 Å². The third-order valence-electron chi connectivity index (χ3n) is 12.4. The van der Waals surface area contributed by atoms with Crippen LogP contribution in [0.1, 0.15) is 80.6 Å². The molecule has 58 heavy (non-hydrogen) atoms. The van der Waals surface area contributed by atoms with Gasteiger partial charge in [0.1, 0.15) is 29.1 Å². The molecule has 3 aliphatic heterocycles. The molecule has 3 saturated heterocycles. The zero-order chi connectivity index (χ0) is 42.6. The molecule has 5 rings (SSSR count). The third-order valence-corrected chi connectivity index (χ3v) is 12.6. The molecular weight excluding hydrogens is 770 g/mol. The van der Waals surface area contributed by atoms with Crippen LogP contribution in [0.15, 0.2) is 30.9 Å². The van der Waals surface area contributed by atoms with E-state index in [9.17, 15) is 24.3 Å². The van der Waals surface area contributed by atoms with Gasteiger partial charge in [-0.25, -0.2) is 14.8 Å². The number of ether oxygens (including phenoxy) is 5. The van der Waals surface area contributed by atoms with E-state index in [4.69, 9.17) is 35.3 Å². The molecule has 0 radical (unpaired) electrons. The summed E-state index contributed by atoms with van der Waals surface area (Å²) in [4.78, 5) is 68.4. The fraction of sp³-hybridized carbons (Fsp3) is 0.714. The van der Waals surface area contributed by atoms with Crippen molar-refractivity contribution in [3.05, 3.63) is 36.0 Å². The molecule has 0 bridgehead atoms. The number of ketones is 2. The number of fused-ring (bicyclic) bond motifs is 1. The molecule has 3 aliphatic rings. The first kappa shape index (κ1) is 45.6. The van der Waals surface area contributed by atoms with Crippen LogP contribution >= 0.6 is 11.6 Å². The van der Waals surface area contributed by atoms with Crippen LogP contribution in [0.2, 0.25) is 5.15 Å². The van der Waals surface area contributed by atoms with Crippen LogP contribution in [0, 0.1) is 23.7 Å². The van der Waals surface area contributed by atoms with Gasteiger partial charge >= 0.3 is 12.1 Å². The zero-order valence-corrected chi connectivity index (χ0v) is 36.3. The molecule has 322 valence electrons. The number of rotatable bonds is 11. The van der Waals surface area contributed by atoms with Gasteiger partial charge < -0.3 is 43.2 Å². The van der Waals surface area contributed by atoms with E-state index in [-0.39, 0.29) is 30.8 Å². The maximum Gasteiger partial charge on any atom is 0.410 e. The molecule has 5 heterocycles. The Morgan fingerprint density at radius 3 is 2.34 bits per heavy atom. The average molecular weight is 832 g/mol. The van der Waals surface area contributed by atoms with Crippen molar-refractivity contribution >= 4 is 35.2 Å². The second-order valence-corrected chi connectivity index (χ2v) is 17.2. The second kappa shape index (κ2) is 19.3. The first-order chi connectivity index (χ1) is 27.4. The summed E-state index contributed by atoms with van der Waals surface area (Å²) in [7, 11) is 5.23. The van der Waals surface area contributed by atoms with Crippen LogP contribution in [0.5, 0.6) is 0 Å². The molecule has 0 aromatic carbocycles. The minimum atomic E-state index is -1.26. The van der Waals surface area contributed by atoms with Gasteiger partial charge in [-0.2, -0.15) is 0 Å². The lowest BCUT2D eigenvalue weighted by atomic mass is 9.75. The van der Waals surface area contributed by atoms with E-state index in [1.54, 1.807) is 51.2 Å². The number of aromatic nitrogens is 3. The summed E-state index contributed by atoms with van der Waals surface area (Å²) in [6, 6.07) is 2.54. The maximum atomic E-state index is 14.6. The summed E-state index contributed by atoms with van der Waals surface area (Å²) in [5.41, 5.74) is 0.338. The lowest BCUT2D eigenvalue weighted by Crippen LogP contribution is -2.59. The van der Waals surface area contributed by atoms with Gasteiger partial charge in [-0.05, 0) is 79.1 Å². The summed E-state index contributed by atoms with van der Waals surface area (Å²) in [5.74, 6) is -4.91. The van der Waals surface area contributed by atoms with Gasteiger partial charge in [-0.3, -0.25) is 14.4 Å². The third kappa shape index (κ3) is 9.93. The van der Waals surface area contributed by atoms with Crippen molar-refractivity contribution in [1.29, 1.82) is 0 Å². The highest BCUT2D eigenvalue weighted by molar-refractivity contribution is 6.29. The first-order valence-electron chi connectivity index (χ1n) is 20.5. The number of carbonyl (C=O) groups excluding carboxylic acids is 4. The Morgan fingerprint density at radius 1 is 1.00 bits per heavy atom. The van der Waals surface area contributed by atoms with Crippen LogP contribution in [-0.2, 0) is 44.6 Å². The van der Waals surface area contributed by atoms with Crippen molar-refractivity contribution in [1.82, 2.24) is 24.3 Å². The van der Waals surface area contributed by atoms with E-state index in [1.807, 2.05) is 49.7 Å². The number of esters is 1. The SMILES string of the molecule is CC[C@@H]1OC(=O)[C@H](C)C(=O)[C@H](C)[C@@H](OC2O[C@H](C)C[C@H](N(C)C)[C@H]2O)[C@@](C)(OC)C[C@@H](C)C(=O)[C@@H](C)[C@H]2[C@@H]1OC(=O)N2CCCCn1cnc(-c2ccc(Cl)nc2)c1. The quantitative estimate of drug-likeness (QED) is 0.136. The predicted octanol–water partition coefficient (Wildman–Crippen LogP) is 5.19. The lowest BCUT2D eigenvalue weighted by Gasteiger charge is -2.47. The minimum absolute atomic E-state index is 0.131. The fourth-order valence-electron chi connectivity index (χ4n) is 8.90. The molecule has 2 aromatic rings. The molecule has 1 amide bonds. The number of hydrogen-bond acceptors (Lipinski definition) is 13. The number of aryl methyl sites for hydroxylation is 1. The molecular formula is C42H62ClN5O10. The summed E-state index contributed by atoms with van der Waals surface area (Å²) < 4.78 is 32.8. The van der Waals surface area contributed by atoms with Crippen molar-refractivity contribution in [2.45, 2.75) is 142 Å². The number of aliphatic hydroxyl groups excluding tert-OH is 1. The van der Waals surface area contributed by atoms with E-state index >= 15 is 0 Å². The van der Waals surface area contributed by atoms with Gasteiger partial charge in [-0.1, -0.05) is 39.3 Å². The highest BCUT2D eigenvalue weighted by Crippen LogP contribution is 2.39. The lowest BCUT2D eigenvalue weighted by molar-refractivity contribution is -0.295. The highest BCUT2D eigenvalue weighted by atomic mass is 35.5. The van der Waals surface area contributed by atoms with Gasteiger partial charge in [0.15, 0.2) is 18.2 Å². The van der Waals surface area contributed by atoms with Crippen LogP contribution < -0.4 is 0 Å². The Kier molecular flexibility index (Phi) is 15.2. The van der Waals surface area contributed by atoms with Crippen molar-refractivity contribution < 1.29 is 48.0 Å². The fourth-order valence-corrected chi connectivity index (χ4v) is 9.02. The monoisotopic (exact) mass is 831 g/mol. The number of imidazole rings is 1. The Labute approximate surface area is 347 Å². The smallest absolute Gasteiger partial charge is 0.410 e. The molecule has 0 saturated carbocycles. The van der Waals surface area contributed by atoms with Crippen molar-refractivity contribution in [3.63, 3.8) is 0 Å². The molecule has 16 heteroatoms. The van der Waals surface area contributed by atoms with E-state index in [1.165, 1.54) is 14.0 Å². The standard InChI is InChI=1S/C42H62ClN5O10/c1-11-31-37-33(48(41(53)57-37)17-13-12-16-47-21-29(45-22-47)28-14-15-32(43)44-20-28)25(4)34(49)23(2)19-42(7,54-10)38(26(5)35(50)27(6)39(52)56-31)58-40-36(51)30(46(8)9)18-24(3)55-40/h14-15,20-27,30-31,33,36-38,40,51H,11-13,16-19H2,1-10H3/t23-,24-,25+,26+,27-,30+,31+,33+,36-,37-,38-,40?,42+/m1/s1. The first-order valence-corrected chi connectivity index (χ1v) is 20.9. The summed E-state index contributed by atoms with van der Waals surface area (Å²) in [6.45, 7) is 13.1. The van der Waals surface area contributed by atoms with Gasteiger partial charge in [0, 0.05) is 62.0 Å². The molecule has 13 atom stereocenters. The number of methoxy groups -OCH3 is 1. The van der Waals surface area contributed by atoms with E-state index in [0.717, 1.165) is 11.3 Å². The van der Waals surface area contributed by atoms with E-state index in [0.29, 0.717) is 37.5 Å². The number of unbranched alkanes of at least 4 members (excludes halogenated alkanes) is 1. The van der Waals surface area contributed by atoms with Crippen molar-refractivity contribution in [2.24, 2.45) is 23.7 Å². The number of carbonyl (C=O) groups is 4. The summed E-state index contributed by atoms with van der Waals surface area (Å²) in [5, 5.41) is 11.8. The van der Waals surface area contributed by atoms with Gasteiger partial charge in [-0.15, -0.1) is 0 Å². The predicted molar refractivity (Wildman–Crippen MR) is 215 cm³/mol. The number of Topliss-reactive ketones (excluding diaryl/α,β-unsaturated/α-hetero) is 2. The Balaban J connectivity index is 1.40. The second-order valence-electron chi connectivity index (χ2n) is 16.8. The molecule has 0 spiro atoms. The van der Waals surface area contributed by atoms with Crippen LogP contribution in [0.3, 0.4) is 0 Å². The van der Waals surface area contributed by atoms with Crippen LogP contribution in [0.25, 0.3) is 11.3 Å². The number of hydrogen-bond donors (Lipinski definition) is 1. The van der Waals surface area contributed by atoms with E-state index < -0.39 is 83.9 Å². The molecule has 3 fully saturated rings. The number of cyclic esters (lactones) is 1. The maximum absolute atomic E-state index is 14.6. The number of likely N-dealkylation sites (N-methyl/N-ethyl adjacent to an activating group) is 1. The Hall–Kier alpha value is -3.47.